The van der Waals surface area contributed by atoms with Crippen LogP contribution >= 0.6 is 0 Å². The molecule has 4 heteroatoms. The Kier molecular flexibility index (Phi) is 3.97. The average Bonchev–Trinajstić information content (AvgIpc) is 3.53. The standard InChI is InChI=1S/C20H22N2O2/c1-24-17-8-4-15(5-9-17)18-11-19(18)20(23)22(16-6-7-16)13-14-3-2-10-21-12-14/h2-5,8-10,12,16,18-19H,6-7,11,13H2,1H3/t18-,19-/m0/s1. The monoisotopic (exact) mass is 322 g/mol. The van der Waals surface area contributed by atoms with Crippen LogP contribution in [0.1, 0.15) is 36.3 Å². The summed E-state index contributed by atoms with van der Waals surface area (Å²) in [6, 6.07) is 12.5. The number of carbonyl (C=O) groups is 1. The summed E-state index contributed by atoms with van der Waals surface area (Å²) in [6.45, 7) is 0.684. The Labute approximate surface area is 142 Å². The normalized spacial score (nSPS) is 22.0. The van der Waals surface area contributed by atoms with E-state index in [4.69, 9.17) is 4.74 Å². The lowest BCUT2D eigenvalue weighted by molar-refractivity contribution is -0.133. The fraction of sp³-hybridized carbons (Fsp3) is 0.400. The molecular weight excluding hydrogens is 300 g/mol. The second kappa shape index (κ2) is 6.27. The molecule has 2 saturated carbocycles. The minimum Gasteiger partial charge on any atom is -0.497 e. The maximum atomic E-state index is 13.0. The SMILES string of the molecule is COc1ccc([C@@H]2C[C@@H]2C(=O)N(Cc2cccnc2)C2CC2)cc1. The third-order valence-corrected chi connectivity index (χ3v) is 5.00. The van der Waals surface area contributed by atoms with Crippen molar-refractivity contribution in [2.24, 2.45) is 5.92 Å². The molecule has 4 nitrogen and oxygen atoms in total. The van der Waals surface area contributed by atoms with Crippen molar-refractivity contribution in [3.05, 3.63) is 59.9 Å². The van der Waals surface area contributed by atoms with Gasteiger partial charge in [0, 0.05) is 30.9 Å². The first-order valence-corrected chi connectivity index (χ1v) is 8.59. The fourth-order valence-corrected chi connectivity index (χ4v) is 3.36. The third kappa shape index (κ3) is 3.14. The van der Waals surface area contributed by atoms with Gasteiger partial charge in [0.2, 0.25) is 5.91 Å². The van der Waals surface area contributed by atoms with Crippen molar-refractivity contribution in [2.45, 2.75) is 37.8 Å². The summed E-state index contributed by atoms with van der Waals surface area (Å²) in [5.41, 5.74) is 2.35. The largest absolute Gasteiger partial charge is 0.497 e. The van der Waals surface area contributed by atoms with E-state index in [0.29, 0.717) is 24.4 Å². The van der Waals surface area contributed by atoms with E-state index >= 15 is 0 Å². The summed E-state index contributed by atoms with van der Waals surface area (Å²) in [4.78, 5) is 19.2. The Balaban J connectivity index is 1.44. The van der Waals surface area contributed by atoms with Crippen LogP contribution in [-0.4, -0.2) is 28.9 Å². The number of pyridine rings is 1. The van der Waals surface area contributed by atoms with Crippen molar-refractivity contribution in [2.75, 3.05) is 7.11 Å². The molecule has 124 valence electrons. The van der Waals surface area contributed by atoms with Gasteiger partial charge in [0.15, 0.2) is 0 Å². The Morgan fingerprint density at radius 1 is 1.25 bits per heavy atom. The molecule has 2 atom stereocenters. The molecule has 0 N–H and O–H groups in total. The van der Waals surface area contributed by atoms with Crippen LogP contribution in [0.2, 0.25) is 0 Å². The van der Waals surface area contributed by atoms with Gasteiger partial charge in [-0.05, 0) is 54.5 Å². The molecule has 24 heavy (non-hydrogen) atoms. The number of nitrogens with zero attached hydrogens (tertiary/aromatic N) is 2. The lowest BCUT2D eigenvalue weighted by Gasteiger charge is -2.22. The van der Waals surface area contributed by atoms with Crippen LogP contribution in [0.4, 0.5) is 0 Å². The smallest absolute Gasteiger partial charge is 0.226 e. The number of amides is 1. The topological polar surface area (TPSA) is 42.4 Å². The number of hydrogen-bond acceptors (Lipinski definition) is 3. The van der Waals surface area contributed by atoms with E-state index in [1.165, 1.54) is 5.56 Å². The lowest BCUT2D eigenvalue weighted by Crippen LogP contribution is -2.34. The van der Waals surface area contributed by atoms with E-state index in [1.54, 1.807) is 13.3 Å². The Morgan fingerprint density at radius 3 is 2.67 bits per heavy atom. The molecule has 0 spiro atoms. The van der Waals surface area contributed by atoms with Gasteiger partial charge in [0.05, 0.1) is 7.11 Å². The Hall–Kier alpha value is -2.36. The first kappa shape index (κ1) is 15.2. The van der Waals surface area contributed by atoms with Crippen LogP contribution in [0.3, 0.4) is 0 Å². The molecule has 1 aromatic carbocycles. The lowest BCUT2D eigenvalue weighted by atomic mass is 10.1. The van der Waals surface area contributed by atoms with Crippen molar-refractivity contribution < 1.29 is 9.53 Å². The zero-order valence-corrected chi connectivity index (χ0v) is 13.9. The number of rotatable bonds is 6. The molecular formula is C20H22N2O2. The second-order valence-electron chi connectivity index (χ2n) is 6.78. The van der Waals surface area contributed by atoms with Crippen molar-refractivity contribution in [3.63, 3.8) is 0 Å². The van der Waals surface area contributed by atoms with Crippen molar-refractivity contribution in [3.8, 4) is 5.75 Å². The van der Waals surface area contributed by atoms with Gasteiger partial charge in [-0.1, -0.05) is 18.2 Å². The fourth-order valence-electron chi connectivity index (χ4n) is 3.36. The van der Waals surface area contributed by atoms with E-state index in [-0.39, 0.29) is 5.92 Å². The predicted octanol–water partition coefficient (Wildman–Crippen LogP) is 3.38. The molecule has 4 rings (SSSR count). The summed E-state index contributed by atoms with van der Waals surface area (Å²) in [7, 11) is 1.67. The Morgan fingerprint density at radius 2 is 2.04 bits per heavy atom. The van der Waals surface area contributed by atoms with Crippen LogP contribution < -0.4 is 4.74 Å². The van der Waals surface area contributed by atoms with Gasteiger partial charge in [-0.2, -0.15) is 0 Å². The average molecular weight is 322 g/mol. The van der Waals surface area contributed by atoms with Crippen LogP contribution in [0, 0.1) is 5.92 Å². The minimum atomic E-state index is 0.135. The highest BCUT2D eigenvalue weighted by atomic mass is 16.5. The highest BCUT2D eigenvalue weighted by Crippen LogP contribution is 2.49. The quantitative estimate of drug-likeness (QED) is 0.819. The van der Waals surface area contributed by atoms with Crippen LogP contribution in [0.15, 0.2) is 48.8 Å². The number of ether oxygens (including phenoxy) is 1. The molecule has 1 amide bonds. The third-order valence-electron chi connectivity index (χ3n) is 5.00. The van der Waals surface area contributed by atoms with Crippen LogP contribution in [0.5, 0.6) is 5.75 Å². The summed E-state index contributed by atoms with van der Waals surface area (Å²) in [5, 5.41) is 0. The summed E-state index contributed by atoms with van der Waals surface area (Å²) < 4.78 is 5.21. The molecule has 0 saturated heterocycles. The molecule has 2 aliphatic rings. The number of carbonyl (C=O) groups excluding carboxylic acids is 1. The summed E-state index contributed by atoms with van der Waals surface area (Å²) in [5.74, 6) is 1.66. The summed E-state index contributed by atoms with van der Waals surface area (Å²) in [6.07, 6.45) is 6.85. The van der Waals surface area contributed by atoms with Gasteiger partial charge in [-0.3, -0.25) is 9.78 Å². The van der Waals surface area contributed by atoms with E-state index < -0.39 is 0 Å². The van der Waals surface area contributed by atoms with E-state index in [9.17, 15) is 4.79 Å². The number of benzene rings is 1. The molecule has 0 bridgehead atoms. The van der Waals surface area contributed by atoms with Gasteiger partial charge in [0.25, 0.3) is 0 Å². The van der Waals surface area contributed by atoms with Gasteiger partial charge < -0.3 is 9.64 Å². The van der Waals surface area contributed by atoms with Gasteiger partial charge in [-0.25, -0.2) is 0 Å². The Bertz CT molecular complexity index is 710. The zero-order chi connectivity index (χ0) is 16.5. The van der Waals surface area contributed by atoms with Gasteiger partial charge in [-0.15, -0.1) is 0 Å². The number of aromatic nitrogens is 1. The van der Waals surface area contributed by atoms with Gasteiger partial charge in [0.1, 0.15) is 5.75 Å². The highest BCUT2D eigenvalue weighted by Gasteiger charge is 2.48. The van der Waals surface area contributed by atoms with Crippen molar-refractivity contribution in [1.82, 2.24) is 9.88 Å². The summed E-state index contributed by atoms with van der Waals surface area (Å²) >= 11 is 0. The number of methoxy groups -OCH3 is 1. The first-order chi connectivity index (χ1) is 11.8. The molecule has 2 aliphatic carbocycles. The highest BCUT2D eigenvalue weighted by molar-refractivity contribution is 5.83. The maximum Gasteiger partial charge on any atom is 0.226 e. The molecule has 2 aromatic rings. The number of hydrogen-bond donors (Lipinski definition) is 0. The molecule has 0 aliphatic heterocycles. The minimum absolute atomic E-state index is 0.135. The second-order valence-corrected chi connectivity index (χ2v) is 6.78. The molecule has 0 radical (unpaired) electrons. The predicted molar refractivity (Wildman–Crippen MR) is 91.7 cm³/mol. The van der Waals surface area contributed by atoms with Crippen LogP contribution in [-0.2, 0) is 11.3 Å². The van der Waals surface area contributed by atoms with E-state index in [2.05, 4.69) is 22.0 Å². The molecule has 2 fully saturated rings. The first-order valence-electron chi connectivity index (χ1n) is 8.59. The van der Waals surface area contributed by atoms with Crippen molar-refractivity contribution >= 4 is 5.91 Å². The van der Waals surface area contributed by atoms with Crippen LogP contribution in [0.25, 0.3) is 0 Å². The van der Waals surface area contributed by atoms with Crippen molar-refractivity contribution in [1.29, 1.82) is 0 Å². The van der Waals surface area contributed by atoms with E-state index in [1.807, 2.05) is 30.5 Å². The van der Waals surface area contributed by atoms with Gasteiger partial charge >= 0.3 is 0 Å². The molecule has 1 aromatic heterocycles. The molecule has 0 unspecified atom stereocenters. The zero-order valence-electron chi connectivity index (χ0n) is 13.9. The van der Waals surface area contributed by atoms with E-state index in [0.717, 1.165) is 30.6 Å². The molecule has 1 heterocycles. The maximum absolute atomic E-state index is 13.0.